The van der Waals surface area contributed by atoms with Gasteiger partial charge in [0.15, 0.2) is 0 Å². The lowest BCUT2D eigenvalue weighted by Crippen LogP contribution is -2.20. The first-order chi connectivity index (χ1) is 8.74. The van der Waals surface area contributed by atoms with E-state index >= 15 is 0 Å². The van der Waals surface area contributed by atoms with Gasteiger partial charge in [0.2, 0.25) is 0 Å². The van der Waals surface area contributed by atoms with Crippen LogP contribution < -0.4 is 4.90 Å². The van der Waals surface area contributed by atoms with E-state index in [9.17, 15) is 0 Å². The van der Waals surface area contributed by atoms with E-state index in [2.05, 4.69) is 32.0 Å². The average Bonchev–Trinajstić information content (AvgIpc) is 2.97. The van der Waals surface area contributed by atoms with Crippen LogP contribution in [0, 0.1) is 13.8 Å². The molecule has 1 saturated heterocycles. The highest BCUT2D eigenvalue weighted by atomic mass is 15.2. The van der Waals surface area contributed by atoms with Crippen molar-refractivity contribution in [1.29, 1.82) is 0 Å². The standard InChI is InChI=1S/C13H17N5/c1-9-6-16-17-13(9)11-3-4-18(7-11)12-5-10(2)14-8-15-12/h5-6,8,11H,3-4,7H2,1-2H3,(H,16,17)/t11-/m0/s1. The monoisotopic (exact) mass is 243 g/mol. The lowest BCUT2D eigenvalue weighted by Gasteiger charge is -2.17. The molecule has 0 aliphatic carbocycles. The van der Waals surface area contributed by atoms with Crippen LogP contribution in [0.5, 0.6) is 0 Å². The van der Waals surface area contributed by atoms with Gasteiger partial charge in [-0.05, 0) is 25.8 Å². The summed E-state index contributed by atoms with van der Waals surface area (Å²) in [5.41, 5.74) is 3.53. The average molecular weight is 243 g/mol. The number of nitrogens with one attached hydrogen (secondary N) is 1. The van der Waals surface area contributed by atoms with Crippen molar-refractivity contribution in [2.75, 3.05) is 18.0 Å². The highest BCUT2D eigenvalue weighted by Crippen LogP contribution is 2.30. The third kappa shape index (κ3) is 1.96. The molecule has 2 aromatic rings. The number of aromatic amines is 1. The van der Waals surface area contributed by atoms with Crippen LogP contribution in [0.25, 0.3) is 0 Å². The molecule has 1 aliphatic heterocycles. The van der Waals surface area contributed by atoms with Gasteiger partial charge in [-0.15, -0.1) is 0 Å². The van der Waals surface area contributed by atoms with E-state index in [0.29, 0.717) is 5.92 Å². The maximum atomic E-state index is 4.35. The summed E-state index contributed by atoms with van der Waals surface area (Å²) in [4.78, 5) is 10.8. The number of aromatic nitrogens is 4. The predicted molar refractivity (Wildman–Crippen MR) is 69.7 cm³/mol. The third-order valence-corrected chi connectivity index (χ3v) is 3.58. The minimum atomic E-state index is 0.530. The molecule has 2 aromatic heterocycles. The predicted octanol–water partition coefficient (Wildman–Crippen LogP) is 1.81. The van der Waals surface area contributed by atoms with Gasteiger partial charge in [-0.2, -0.15) is 5.10 Å². The van der Waals surface area contributed by atoms with E-state index in [4.69, 9.17) is 0 Å². The summed E-state index contributed by atoms with van der Waals surface area (Å²) >= 11 is 0. The molecule has 1 fully saturated rings. The Hall–Kier alpha value is -1.91. The SMILES string of the molecule is Cc1cc(N2CC[C@H](c3[nH]ncc3C)C2)ncn1. The lowest BCUT2D eigenvalue weighted by molar-refractivity contribution is 0.732. The van der Waals surface area contributed by atoms with Gasteiger partial charge < -0.3 is 4.90 Å². The van der Waals surface area contributed by atoms with Crippen molar-refractivity contribution in [3.8, 4) is 0 Å². The van der Waals surface area contributed by atoms with Crippen LogP contribution in [0.15, 0.2) is 18.6 Å². The van der Waals surface area contributed by atoms with E-state index in [1.54, 1.807) is 6.33 Å². The van der Waals surface area contributed by atoms with E-state index in [1.807, 2.05) is 19.2 Å². The second-order valence-electron chi connectivity index (χ2n) is 4.92. The van der Waals surface area contributed by atoms with Gasteiger partial charge >= 0.3 is 0 Å². The Balaban J connectivity index is 1.78. The highest BCUT2D eigenvalue weighted by molar-refractivity contribution is 5.41. The first kappa shape index (κ1) is 11.2. The van der Waals surface area contributed by atoms with Crippen molar-refractivity contribution < 1.29 is 0 Å². The summed E-state index contributed by atoms with van der Waals surface area (Å²) in [6.45, 7) is 6.15. The molecule has 1 aliphatic rings. The van der Waals surface area contributed by atoms with E-state index in [-0.39, 0.29) is 0 Å². The van der Waals surface area contributed by atoms with Crippen LogP contribution >= 0.6 is 0 Å². The Morgan fingerprint density at radius 1 is 1.33 bits per heavy atom. The van der Waals surface area contributed by atoms with Crippen LogP contribution in [0.4, 0.5) is 5.82 Å². The van der Waals surface area contributed by atoms with Crippen molar-refractivity contribution in [2.24, 2.45) is 0 Å². The molecule has 0 radical (unpaired) electrons. The van der Waals surface area contributed by atoms with E-state index in [1.165, 1.54) is 11.3 Å². The third-order valence-electron chi connectivity index (χ3n) is 3.58. The molecule has 0 amide bonds. The molecule has 18 heavy (non-hydrogen) atoms. The Kier molecular flexibility index (Phi) is 2.74. The number of hydrogen-bond donors (Lipinski definition) is 1. The van der Waals surface area contributed by atoms with Crippen molar-refractivity contribution in [3.05, 3.63) is 35.5 Å². The zero-order valence-corrected chi connectivity index (χ0v) is 10.7. The molecule has 0 unspecified atom stereocenters. The largest absolute Gasteiger partial charge is 0.356 e. The maximum absolute atomic E-state index is 4.35. The first-order valence-corrected chi connectivity index (χ1v) is 6.27. The fraction of sp³-hybridized carbons (Fsp3) is 0.462. The molecule has 5 nitrogen and oxygen atoms in total. The van der Waals surface area contributed by atoms with Crippen molar-refractivity contribution in [3.63, 3.8) is 0 Å². The van der Waals surface area contributed by atoms with Gasteiger partial charge in [0, 0.05) is 36.5 Å². The van der Waals surface area contributed by atoms with Crippen LogP contribution in [0.1, 0.15) is 29.3 Å². The summed E-state index contributed by atoms with van der Waals surface area (Å²) in [5, 5.41) is 7.23. The molecule has 0 bridgehead atoms. The number of anilines is 1. The second kappa shape index (κ2) is 4.40. The van der Waals surface area contributed by atoms with Crippen LogP contribution in [-0.4, -0.2) is 33.3 Å². The fourth-order valence-corrected chi connectivity index (χ4v) is 2.59. The number of hydrogen-bond acceptors (Lipinski definition) is 4. The highest BCUT2D eigenvalue weighted by Gasteiger charge is 2.26. The van der Waals surface area contributed by atoms with Gasteiger partial charge in [0.1, 0.15) is 12.1 Å². The Morgan fingerprint density at radius 3 is 2.94 bits per heavy atom. The zero-order valence-electron chi connectivity index (χ0n) is 10.7. The quantitative estimate of drug-likeness (QED) is 0.874. The molecule has 5 heteroatoms. The summed E-state index contributed by atoms with van der Waals surface area (Å²) in [5.74, 6) is 1.56. The van der Waals surface area contributed by atoms with E-state index in [0.717, 1.165) is 31.0 Å². The molecule has 0 saturated carbocycles. The van der Waals surface area contributed by atoms with Gasteiger partial charge in [-0.1, -0.05) is 0 Å². The summed E-state index contributed by atoms with van der Waals surface area (Å²) in [6.07, 6.45) is 4.68. The molecule has 3 heterocycles. The maximum Gasteiger partial charge on any atom is 0.132 e. The zero-order chi connectivity index (χ0) is 12.5. The fourth-order valence-electron chi connectivity index (χ4n) is 2.59. The smallest absolute Gasteiger partial charge is 0.132 e. The molecular weight excluding hydrogens is 226 g/mol. The van der Waals surface area contributed by atoms with E-state index < -0.39 is 0 Å². The molecular formula is C13H17N5. The molecule has 94 valence electrons. The summed E-state index contributed by atoms with van der Waals surface area (Å²) in [6, 6.07) is 2.04. The van der Waals surface area contributed by atoms with Crippen molar-refractivity contribution in [2.45, 2.75) is 26.2 Å². The number of aryl methyl sites for hydroxylation is 2. The molecule has 0 aromatic carbocycles. The minimum absolute atomic E-state index is 0.530. The Bertz CT molecular complexity index is 548. The van der Waals surface area contributed by atoms with Gasteiger partial charge in [0.25, 0.3) is 0 Å². The number of H-pyrrole nitrogens is 1. The summed E-state index contributed by atoms with van der Waals surface area (Å²) in [7, 11) is 0. The van der Waals surface area contributed by atoms with Crippen LogP contribution in [0.3, 0.4) is 0 Å². The molecule has 1 atom stereocenters. The number of rotatable bonds is 2. The topological polar surface area (TPSA) is 57.7 Å². The minimum Gasteiger partial charge on any atom is -0.356 e. The van der Waals surface area contributed by atoms with Crippen molar-refractivity contribution >= 4 is 5.82 Å². The van der Waals surface area contributed by atoms with Gasteiger partial charge in [-0.25, -0.2) is 9.97 Å². The Labute approximate surface area is 106 Å². The normalized spacial score (nSPS) is 19.4. The van der Waals surface area contributed by atoms with Gasteiger partial charge in [0.05, 0.1) is 6.20 Å². The van der Waals surface area contributed by atoms with Crippen LogP contribution in [-0.2, 0) is 0 Å². The molecule has 1 N–H and O–H groups in total. The molecule has 0 spiro atoms. The summed E-state index contributed by atoms with van der Waals surface area (Å²) < 4.78 is 0. The lowest BCUT2D eigenvalue weighted by atomic mass is 10.0. The second-order valence-corrected chi connectivity index (χ2v) is 4.92. The van der Waals surface area contributed by atoms with Gasteiger partial charge in [-0.3, -0.25) is 5.10 Å². The first-order valence-electron chi connectivity index (χ1n) is 6.27. The number of nitrogens with zero attached hydrogens (tertiary/aromatic N) is 4. The molecule has 3 rings (SSSR count). The van der Waals surface area contributed by atoms with Crippen molar-refractivity contribution in [1.82, 2.24) is 20.2 Å². The Morgan fingerprint density at radius 2 is 2.22 bits per heavy atom. The van der Waals surface area contributed by atoms with Crippen LogP contribution in [0.2, 0.25) is 0 Å².